The number of hydrogen-bond donors (Lipinski definition) is 3. The van der Waals surface area contributed by atoms with Gasteiger partial charge >= 0.3 is 0 Å². The number of nitrogens with zero attached hydrogens (tertiary/aromatic N) is 1. The van der Waals surface area contributed by atoms with E-state index in [-0.39, 0.29) is 22.4 Å². The molecule has 0 aliphatic carbocycles. The highest BCUT2D eigenvalue weighted by molar-refractivity contribution is 7.21. The summed E-state index contributed by atoms with van der Waals surface area (Å²) in [5, 5.41) is 17.3. The number of halogens is 1. The lowest BCUT2D eigenvalue weighted by atomic mass is 10.1. The van der Waals surface area contributed by atoms with E-state index in [1.165, 1.54) is 18.4 Å². The second-order valence-electron chi connectivity index (χ2n) is 6.17. The van der Waals surface area contributed by atoms with Crippen molar-refractivity contribution in [2.45, 2.75) is 20.0 Å². The first kappa shape index (κ1) is 16.9. The van der Waals surface area contributed by atoms with Crippen LogP contribution in [0.25, 0.3) is 10.2 Å². The molecule has 0 saturated carbocycles. The second kappa shape index (κ2) is 6.03. The normalized spacial score (nSPS) is 16.2. The second-order valence-corrected chi connectivity index (χ2v) is 7.58. The van der Waals surface area contributed by atoms with Crippen LogP contribution in [0.15, 0.2) is 18.2 Å². The highest BCUT2D eigenvalue weighted by atomic mass is 35.5. The van der Waals surface area contributed by atoms with Crippen molar-refractivity contribution in [3.8, 4) is 11.5 Å². The third-order valence-electron chi connectivity index (χ3n) is 4.36. The summed E-state index contributed by atoms with van der Waals surface area (Å²) in [6.45, 7) is 3.94. The van der Waals surface area contributed by atoms with Crippen LogP contribution in [0, 0.1) is 13.8 Å². The van der Waals surface area contributed by atoms with Crippen molar-refractivity contribution in [1.29, 1.82) is 0 Å². The number of aromatic nitrogens is 1. The number of rotatable bonds is 2. The number of carbonyl (C=O) groups is 1. The summed E-state index contributed by atoms with van der Waals surface area (Å²) in [5.74, 6) is -0.0535. The molecular formula is C18H16ClN3O3S. The molecule has 1 aliphatic rings. The number of anilines is 1. The van der Waals surface area contributed by atoms with E-state index >= 15 is 0 Å². The minimum atomic E-state index is -0.500. The Morgan fingerprint density at radius 3 is 2.77 bits per heavy atom. The number of amides is 1. The number of benzene rings is 1. The molecule has 6 nitrogen and oxygen atoms in total. The average molecular weight is 390 g/mol. The van der Waals surface area contributed by atoms with Gasteiger partial charge in [-0.15, -0.1) is 11.3 Å². The van der Waals surface area contributed by atoms with Crippen molar-refractivity contribution in [3.05, 3.63) is 44.9 Å². The summed E-state index contributed by atoms with van der Waals surface area (Å²) in [5.41, 5.74) is 3.43. The Bertz CT molecular complexity index is 1060. The highest BCUT2D eigenvalue weighted by Crippen LogP contribution is 2.42. The van der Waals surface area contributed by atoms with Crippen LogP contribution in [0.3, 0.4) is 0 Å². The molecule has 4 rings (SSSR count). The van der Waals surface area contributed by atoms with Crippen molar-refractivity contribution >= 4 is 44.7 Å². The van der Waals surface area contributed by atoms with Crippen molar-refractivity contribution < 1.29 is 14.6 Å². The van der Waals surface area contributed by atoms with Crippen LogP contribution in [-0.2, 0) is 0 Å². The number of fused-ring (bicyclic) bond motifs is 3. The molecular weight excluding hydrogens is 374 g/mol. The topological polar surface area (TPSA) is 83.5 Å². The lowest BCUT2D eigenvalue weighted by molar-refractivity contribution is 0.0940. The summed E-state index contributed by atoms with van der Waals surface area (Å²) in [7, 11) is 1.45. The van der Waals surface area contributed by atoms with Gasteiger partial charge < -0.3 is 20.5 Å². The van der Waals surface area contributed by atoms with Crippen molar-refractivity contribution in [1.82, 2.24) is 10.3 Å². The molecule has 3 aromatic rings. The van der Waals surface area contributed by atoms with Crippen LogP contribution in [0.4, 0.5) is 5.69 Å². The Morgan fingerprint density at radius 1 is 1.27 bits per heavy atom. The number of thiophene rings is 1. The summed E-state index contributed by atoms with van der Waals surface area (Å²) < 4.78 is 5.16. The van der Waals surface area contributed by atoms with E-state index in [1.807, 2.05) is 19.9 Å². The largest absolute Gasteiger partial charge is 0.503 e. The summed E-state index contributed by atoms with van der Waals surface area (Å²) >= 11 is 7.46. The number of carbonyl (C=O) groups excluding carboxylic acids is 1. The number of methoxy groups -OCH3 is 1. The van der Waals surface area contributed by atoms with Gasteiger partial charge in [0.25, 0.3) is 5.91 Å². The Hall–Kier alpha value is -2.51. The van der Waals surface area contributed by atoms with Gasteiger partial charge in [0.1, 0.15) is 15.9 Å². The molecule has 1 aliphatic heterocycles. The lowest BCUT2D eigenvalue weighted by Gasteiger charge is -2.27. The van der Waals surface area contributed by atoms with E-state index in [9.17, 15) is 9.90 Å². The standard InChI is InChI=1S/C18H16ClN3O3S/c1-7-4-8(2)20-18-12(7)13-15(26-18)17(24)22-16(21-13)9-5-10(19)14(23)11(6-9)25-3/h4-6,16,21,23H,1-3H3,(H,22,24)/t16-/m0/s1. The summed E-state index contributed by atoms with van der Waals surface area (Å²) in [4.78, 5) is 18.6. The molecule has 0 spiro atoms. The van der Waals surface area contributed by atoms with Gasteiger partial charge in [-0.05, 0) is 43.2 Å². The fourth-order valence-electron chi connectivity index (χ4n) is 3.20. The number of nitrogens with one attached hydrogen (secondary N) is 2. The zero-order chi connectivity index (χ0) is 18.6. The molecule has 0 radical (unpaired) electrons. The van der Waals surface area contributed by atoms with Crippen LogP contribution >= 0.6 is 22.9 Å². The zero-order valence-electron chi connectivity index (χ0n) is 14.3. The van der Waals surface area contributed by atoms with Crippen LogP contribution in [0.1, 0.15) is 32.7 Å². The number of phenols is 1. The molecule has 0 fully saturated rings. The lowest BCUT2D eigenvalue weighted by Crippen LogP contribution is -2.37. The van der Waals surface area contributed by atoms with Gasteiger partial charge in [0.2, 0.25) is 0 Å². The summed E-state index contributed by atoms with van der Waals surface area (Å²) in [6, 6.07) is 5.25. The van der Waals surface area contributed by atoms with Gasteiger partial charge in [-0.3, -0.25) is 4.79 Å². The van der Waals surface area contributed by atoms with E-state index in [0.29, 0.717) is 10.4 Å². The minimum absolute atomic E-state index is 0.128. The molecule has 134 valence electrons. The van der Waals surface area contributed by atoms with Crippen molar-refractivity contribution in [2.75, 3.05) is 12.4 Å². The van der Waals surface area contributed by atoms with Gasteiger partial charge in [-0.25, -0.2) is 4.98 Å². The molecule has 1 amide bonds. The van der Waals surface area contributed by atoms with Gasteiger partial charge in [-0.2, -0.15) is 0 Å². The molecule has 1 atom stereocenters. The first-order valence-corrected chi connectivity index (χ1v) is 9.13. The maximum atomic E-state index is 12.7. The molecule has 8 heteroatoms. The van der Waals surface area contributed by atoms with Gasteiger partial charge in [0, 0.05) is 11.1 Å². The van der Waals surface area contributed by atoms with Crippen LogP contribution < -0.4 is 15.4 Å². The van der Waals surface area contributed by atoms with E-state index in [2.05, 4.69) is 15.6 Å². The molecule has 1 aromatic carbocycles. The van der Waals surface area contributed by atoms with E-state index < -0.39 is 6.17 Å². The molecule has 0 bridgehead atoms. The van der Waals surface area contributed by atoms with Crippen LogP contribution in [-0.4, -0.2) is 23.1 Å². The van der Waals surface area contributed by atoms with Crippen molar-refractivity contribution in [2.24, 2.45) is 0 Å². The predicted molar refractivity (Wildman–Crippen MR) is 103 cm³/mol. The number of hydrogen-bond acceptors (Lipinski definition) is 6. The fourth-order valence-corrected chi connectivity index (χ4v) is 4.58. The Kier molecular flexibility index (Phi) is 3.93. The molecule has 3 N–H and O–H groups in total. The SMILES string of the molecule is COc1cc([C@@H]2NC(=O)c3sc4nc(C)cc(C)c4c3N2)cc(Cl)c1O. The molecule has 26 heavy (non-hydrogen) atoms. The maximum absolute atomic E-state index is 12.7. The monoisotopic (exact) mass is 389 g/mol. The van der Waals surface area contributed by atoms with E-state index in [1.54, 1.807) is 12.1 Å². The van der Waals surface area contributed by atoms with Crippen LogP contribution in [0.5, 0.6) is 11.5 Å². The van der Waals surface area contributed by atoms with Gasteiger partial charge in [0.05, 0.1) is 17.8 Å². The number of ether oxygens (including phenoxy) is 1. The van der Waals surface area contributed by atoms with Crippen molar-refractivity contribution in [3.63, 3.8) is 0 Å². The van der Waals surface area contributed by atoms with Gasteiger partial charge in [-0.1, -0.05) is 11.6 Å². The van der Waals surface area contributed by atoms with Crippen LogP contribution in [0.2, 0.25) is 5.02 Å². The Labute approximate surface area is 158 Å². The maximum Gasteiger partial charge on any atom is 0.265 e. The first-order valence-electron chi connectivity index (χ1n) is 7.93. The molecule has 0 unspecified atom stereocenters. The van der Waals surface area contributed by atoms with Gasteiger partial charge in [0.15, 0.2) is 11.5 Å². The zero-order valence-corrected chi connectivity index (χ0v) is 15.9. The Morgan fingerprint density at radius 2 is 2.04 bits per heavy atom. The summed E-state index contributed by atoms with van der Waals surface area (Å²) in [6.07, 6.45) is -0.500. The van der Waals surface area contributed by atoms with E-state index in [0.717, 1.165) is 27.2 Å². The average Bonchev–Trinajstić information content (AvgIpc) is 2.96. The molecule has 2 aromatic heterocycles. The number of aryl methyl sites for hydroxylation is 2. The number of pyridine rings is 1. The quantitative estimate of drug-likeness (QED) is 0.613. The fraction of sp³-hybridized carbons (Fsp3) is 0.222. The number of aromatic hydroxyl groups is 1. The predicted octanol–water partition coefficient (Wildman–Crippen LogP) is 4.13. The Balaban J connectivity index is 1.84. The first-order chi connectivity index (χ1) is 12.4. The molecule has 0 saturated heterocycles. The van der Waals surface area contributed by atoms with E-state index in [4.69, 9.17) is 16.3 Å². The highest BCUT2D eigenvalue weighted by Gasteiger charge is 2.30. The number of phenolic OH excluding ortho intramolecular Hbond substituents is 1. The smallest absolute Gasteiger partial charge is 0.265 e. The molecule has 3 heterocycles. The minimum Gasteiger partial charge on any atom is -0.503 e. The third-order valence-corrected chi connectivity index (χ3v) is 5.73. The third kappa shape index (κ3) is 2.55.